The van der Waals surface area contributed by atoms with Crippen molar-refractivity contribution in [1.29, 1.82) is 0 Å². The maximum Gasteiger partial charge on any atom is 0.0735 e. The Bertz CT molecular complexity index is 915. The molecule has 0 fully saturated rings. The molecule has 26 heavy (non-hydrogen) atoms. The van der Waals surface area contributed by atoms with Gasteiger partial charge in [-0.1, -0.05) is 42.1 Å². The molecule has 2 aromatic rings. The Morgan fingerprint density at radius 1 is 1.04 bits per heavy atom. The Balaban J connectivity index is 2.03. The lowest BCUT2D eigenvalue weighted by atomic mass is 9.94. The topological polar surface area (TPSA) is 20.2 Å². The van der Waals surface area contributed by atoms with Crippen molar-refractivity contribution in [3.05, 3.63) is 69.3 Å². The summed E-state index contributed by atoms with van der Waals surface area (Å²) in [5, 5.41) is 14.8. The van der Waals surface area contributed by atoms with Gasteiger partial charge in [0.25, 0.3) is 0 Å². The summed E-state index contributed by atoms with van der Waals surface area (Å²) in [5.41, 5.74) is 0.412. The molecule has 0 aromatic heterocycles. The fourth-order valence-electron chi connectivity index (χ4n) is 2.52. The lowest BCUT2D eigenvalue weighted by Gasteiger charge is -2.37. The van der Waals surface area contributed by atoms with Gasteiger partial charge in [0.15, 0.2) is 0 Å². The van der Waals surface area contributed by atoms with E-state index in [1.54, 1.807) is 23.5 Å². The molecule has 0 radical (unpaired) electrons. The second-order valence-corrected chi connectivity index (χ2v) is 10.5. The highest BCUT2D eigenvalue weighted by Gasteiger charge is 2.36. The second-order valence-electron chi connectivity index (χ2n) is 7.42. The summed E-state index contributed by atoms with van der Waals surface area (Å²) in [6.07, 6.45) is 6.45. The summed E-state index contributed by atoms with van der Waals surface area (Å²) in [6, 6.07) is 12.9. The summed E-state index contributed by atoms with van der Waals surface area (Å²) >= 11 is 7.82. The van der Waals surface area contributed by atoms with Crippen LogP contribution in [-0.4, -0.2) is 15.5 Å². The van der Waals surface area contributed by atoms with Crippen LogP contribution in [-0.2, 0) is 0 Å². The first-order valence-electron chi connectivity index (χ1n) is 8.56. The van der Waals surface area contributed by atoms with Crippen molar-refractivity contribution in [2.75, 3.05) is 0 Å². The molecule has 1 aliphatic rings. The maximum atomic E-state index is 10.5. The van der Waals surface area contributed by atoms with E-state index < -0.39 is 5.60 Å². The number of hydrogen-bond acceptors (Lipinski definition) is 4. The number of benzene rings is 2. The van der Waals surface area contributed by atoms with Crippen LogP contribution in [0.15, 0.2) is 68.7 Å². The molecule has 136 valence electrons. The minimum Gasteiger partial charge on any atom is -0.389 e. The van der Waals surface area contributed by atoms with Crippen LogP contribution in [0.3, 0.4) is 0 Å². The zero-order valence-electron chi connectivity index (χ0n) is 15.5. The molecule has 0 saturated carbocycles. The third-order valence-electron chi connectivity index (χ3n) is 4.79. The van der Waals surface area contributed by atoms with Gasteiger partial charge in [-0.3, -0.25) is 0 Å². The molecule has 4 heteroatoms. The molecule has 0 atom stereocenters. The van der Waals surface area contributed by atoms with Crippen molar-refractivity contribution in [1.82, 2.24) is 0 Å². The number of fused-ring (bicyclic) bond motifs is 2. The standard InChI is InChI=1S/C22H24OS3/c1-21(2,23)22(3,4)26-18-10-9-17-11-15-7-5-6-8-16(15)12-20(17)25-19(13-18)14-24/h5-14,23-24H,1-4H3/b10-9-,18-13+,19-14-. The zero-order valence-corrected chi connectivity index (χ0v) is 18.0. The van der Waals surface area contributed by atoms with Crippen LogP contribution in [0.25, 0.3) is 16.8 Å². The fraction of sp³-hybridized carbons (Fsp3) is 0.273. The van der Waals surface area contributed by atoms with Crippen molar-refractivity contribution >= 4 is 53.0 Å². The molecule has 0 bridgehead atoms. The van der Waals surface area contributed by atoms with E-state index in [1.807, 2.05) is 19.3 Å². The first kappa shape index (κ1) is 19.7. The highest BCUT2D eigenvalue weighted by molar-refractivity contribution is 8.05. The average Bonchev–Trinajstić information content (AvgIpc) is 2.55. The highest BCUT2D eigenvalue weighted by atomic mass is 32.2. The normalized spacial score (nSPS) is 20.2. The Morgan fingerprint density at radius 3 is 2.31 bits per heavy atom. The van der Waals surface area contributed by atoms with Gasteiger partial charge in [0.05, 0.1) is 5.60 Å². The van der Waals surface area contributed by atoms with Gasteiger partial charge in [0.1, 0.15) is 0 Å². The van der Waals surface area contributed by atoms with E-state index >= 15 is 0 Å². The second kappa shape index (κ2) is 7.51. The van der Waals surface area contributed by atoms with E-state index in [0.717, 1.165) is 9.81 Å². The van der Waals surface area contributed by atoms with Gasteiger partial charge < -0.3 is 5.11 Å². The third-order valence-corrected chi connectivity index (χ3v) is 7.79. The number of hydrogen-bond donors (Lipinski definition) is 2. The Hall–Kier alpha value is -1.07. The minimum absolute atomic E-state index is 0.318. The van der Waals surface area contributed by atoms with E-state index in [9.17, 15) is 5.11 Å². The Kier molecular flexibility index (Phi) is 5.69. The van der Waals surface area contributed by atoms with Gasteiger partial charge in [-0.05, 0) is 73.7 Å². The predicted octanol–water partition coefficient (Wildman–Crippen LogP) is 6.90. The van der Waals surface area contributed by atoms with Crippen LogP contribution in [0.2, 0.25) is 0 Å². The molecule has 0 spiro atoms. The summed E-state index contributed by atoms with van der Waals surface area (Å²) in [4.78, 5) is 3.43. The largest absolute Gasteiger partial charge is 0.389 e. The molecular formula is C22H24OS3. The molecule has 0 amide bonds. The average molecular weight is 401 g/mol. The quantitative estimate of drug-likeness (QED) is 0.547. The van der Waals surface area contributed by atoms with Gasteiger partial charge >= 0.3 is 0 Å². The van der Waals surface area contributed by atoms with Gasteiger partial charge in [0.2, 0.25) is 0 Å². The first-order chi connectivity index (χ1) is 12.2. The molecule has 0 saturated heterocycles. The number of thiol groups is 1. The summed E-state index contributed by atoms with van der Waals surface area (Å²) in [6.45, 7) is 7.87. The van der Waals surface area contributed by atoms with Gasteiger partial charge in [-0.15, -0.1) is 11.8 Å². The molecule has 0 aliphatic carbocycles. The van der Waals surface area contributed by atoms with Crippen LogP contribution in [0, 0.1) is 0 Å². The van der Waals surface area contributed by atoms with Crippen LogP contribution in [0.1, 0.15) is 33.3 Å². The lowest BCUT2D eigenvalue weighted by Crippen LogP contribution is -2.42. The van der Waals surface area contributed by atoms with Crippen molar-refractivity contribution in [3.63, 3.8) is 0 Å². The third kappa shape index (κ3) is 4.25. The fourth-order valence-corrected chi connectivity index (χ4v) is 4.91. The molecule has 1 heterocycles. The Labute approximate surface area is 170 Å². The Morgan fingerprint density at radius 2 is 1.69 bits per heavy atom. The van der Waals surface area contributed by atoms with E-state index in [4.69, 9.17) is 0 Å². The maximum absolute atomic E-state index is 10.5. The summed E-state index contributed by atoms with van der Waals surface area (Å²) in [5.74, 6) is 0. The van der Waals surface area contributed by atoms with Crippen molar-refractivity contribution in [2.24, 2.45) is 0 Å². The molecule has 1 N–H and O–H groups in total. The SMILES string of the molecule is CC(C)(O)C(C)(C)SC1=C/C(=C/S)Sc2cc3ccccc3cc2/C=C\1. The number of rotatable bonds is 3. The van der Waals surface area contributed by atoms with Gasteiger partial charge in [0, 0.05) is 19.5 Å². The predicted molar refractivity (Wildman–Crippen MR) is 122 cm³/mol. The first-order valence-corrected chi connectivity index (χ1v) is 10.7. The summed E-state index contributed by atoms with van der Waals surface area (Å²) < 4.78 is -0.318. The van der Waals surface area contributed by atoms with Crippen LogP contribution >= 0.6 is 36.2 Å². The zero-order chi connectivity index (χ0) is 18.9. The van der Waals surface area contributed by atoms with E-state index in [0.29, 0.717) is 0 Å². The van der Waals surface area contributed by atoms with E-state index in [2.05, 4.69) is 81.1 Å². The monoisotopic (exact) mass is 400 g/mol. The molecule has 2 aromatic carbocycles. The van der Waals surface area contributed by atoms with Gasteiger partial charge in [-0.2, -0.15) is 12.6 Å². The van der Waals surface area contributed by atoms with Gasteiger partial charge in [-0.25, -0.2) is 0 Å². The molecule has 1 nitrogen and oxygen atoms in total. The summed E-state index contributed by atoms with van der Waals surface area (Å²) in [7, 11) is 0. The number of thioether (sulfide) groups is 2. The smallest absolute Gasteiger partial charge is 0.0735 e. The van der Waals surface area contributed by atoms with Crippen molar-refractivity contribution in [2.45, 2.75) is 42.9 Å². The highest BCUT2D eigenvalue weighted by Crippen LogP contribution is 2.44. The van der Waals surface area contributed by atoms with E-state index in [-0.39, 0.29) is 4.75 Å². The van der Waals surface area contributed by atoms with Crippen molar-refractivity contribution in [3.8, 4) is 0 Å². The van der Waals surface area contributed by atoms with Crippen LogP contribution < -0.4 is 0 Å². The molecule has 0 unspecified atom stereocenters. The molecule has 3 rings (SSSR count). The van der Waals surface area contributed by atoms with Crippen molar-refractivity contribution < 1.29 is 5.11 Å². The molecule has 1 aliphatic heterocycles. The number of allylic oxidation sites excluding steroid dienone is 2. The number of aliphatic hydroxyl groups is 1. The lowest BCUT2D eigenvalue weighted by molar-refractivity contribution is 0.0495. The van der Waals surface area contributed by atoms with Crippen LogP contribution in [0.5, 0.6) is 0 Å². The van der Waals surface area contributed by atoms with E-state index in [1.165, 1.54) is 21.2 Å². The molecular weight excluding hydrogens is 376 g/mol. The van der Waals surface area contributed by atoms with Crippen LogP contribution in [0.4, 0.5) is 0 Å². The minimum atomic E-state index is -0.791.